The maximum atomic E-state index is 12.6. The third-order valence-electron chi connectivity index (χ3n) is 4.08. The smallest absolute Gasteiger partial charge is 0.329 e. The highest BCUT2D eigenvalue weighted by atomic mass is 16.5. The minimum Gasteiger partial charge on any atom is -0.494 e. The molecule has 0 spiro atoms. The number of aliphatic carboxylic acids is 1. The Bertz CT molecular complexity index is 938. The van der Waals surface area contributed by atoms with Gasteiger partial charge in [-0.2, -0.15) is 0 Å². The number of para-hydroxylation sites is 2. The third kappa shape index (κ3) is 3.57. The largest absolute Gasteiger partial charge is 0.494 e. The zero-order valence-electron chi connectivity index (χ0n) is 14.0. The molecule has 0 bridgehead atoms. The van der Waals surface area contributed by atoms with Crippen molar-refractivity contribution >= 4 is 17.0 Å². The highest BCUT2D eigenvalue weighted by Crippen LogP contribution is 2.15. The molecule has 6 nitrogen and oxygen atoms in total. The number of hydrogen-bond acceptors (Lipinski definition) is 3. The van der Waals surface area contributed by atoms with Gasteiger partial charge in [-0.25, -0.2) is 4.79 Å². The maximum Gasteiger partial charge on any atom is 0.329 e. The normalized spacial score (nSPS) is 10.9. The van der Waals surface area contributed by atoms with Gasteiger partial charge in [0.25, 0.3) is 0 Å². The molecule has 6 heteroatoms. The molecule has 130 valence electrons. The molecule has 0 saturated carbocycles. The fourth-order valence-corrected chi connectivity index (χ4v) is 2.94. The standard InChI is InChI=1S/C19H20N2O4/c1-2-25-15-9-7-14(8-10-15)11-12-20-16-5-3-4-6-17(16)21(19(20)24)13-18(22)23/h3-10H,2,11-13H2,1H3,(H,22,23). The summed E-state index contributed by atoms with van der Waals surface area (Å²) in [5.74, 6) is -0.210. The molecule has 0 amide bonds. The van der Waals surface area contributed by atoms with Crippen LogP contribution in [0.2, 0.25) is 0 Å². The number of carboxylic acids is 1. The Morgan fingerprint density at radius 3 is 2.28 bits per heavy atom. The number of imidazole rings is 1. The first kappa shape index (κ1) is 16.8. The molecule has 0 radical (unpaired) electrons. The Hall–Kier alpha value is -3.02. The summed E-state index contributed by atoms with van der Waals surface area (Å²) in [5.41, 5.74) is 2.18. The van der Waals surface area contributed by atoms with E-state index >= 15 is 0 Å². The van der Waals surface area contributed by atoms with Crippen LogP contribution in [-0.4, -0.2) is 26.8 Å². The van der Waals surface area contributed by atoms with Gasteiger partial charge in [-0.1, -0.05) is 24.3 Å². The van der Waals surface area contributed by atoms with Gasteiger partial charge in [-0.3, -0.25) is 13.9 Å². The van der Waals surface area contributed by atoms with Gasteiger partial charge >= 0.3 is 11.7 Å². The number of carboxylic acid groups (broad SMARTS) is 1. The molecule has 0 atom stereocenters. The predicted molar refractivity (Wildman–Crippen MR) is 95.1 cm³/mol. The Morgan fingerprint density at radius 2 is 1.68 bits per heavy atom. The van der Waals surface area contributed by atoms with Gasteiger partial charge < -0.3 is 9.84 Å². The molecule has 0 fully saturated rings. The molecule has 3 rings (SSSR count). The van der Waals surface area contributed by atoms with E-state index in [1.165, 1.54) is 4.57 Å². The zero-order chi connectivity index (χ0) is 17.8. The van der Waals surface area contributed by atoms with E-state index in [1.54, 1.807) is 16.7 Å². The second-order valence-electron chi connectivity index (χ2n) is 5.73. The van der Waals surface area contributed by atoms with Gasteiger partial charge in [0.05, 0.1) is 17.6 Å². The van der Waals surface area contributed by atoms with Crippen LogP contribution in [0.25, 0.3) is 11.0 Å². The van der Waals surface area contributed by atoms with Crippen LogP contribution in [0, 0.1) is 0 Å². The summed E-state index contributed by atoms with van der Waals surface area (Å²) in [5, 5.41) is 9.06. The Kier molecular flexibility index (Phi) is 4.88. The lowest BCUT2D eigenvalue weighted by atomic mass is 10.1. The van der Waals surface area contributed by atoms with Crippen molar-refractivity contribution in [3.05, 3.63) is 64.6 Å². The quantitative estimate of drug-likeness (QED) is 0.717. The number of hydrogen-bond donors (Lipinski definition) is 1. The molecule has 0 unspecified atom stereocenters. The highest BCUT2D eigenvalue weighted by molar-refractivity contribution is 5.78. The van der Waals surface area contributed by atoms with Gasteiger partial charge in [-0.05, 0) is 43.2 Å². The van der Waals surface area contributed by atoms with E-state index < -0.39 is 5.97 Å². The van der Waals surface area contributed by atoms with E-state index in [-0.39, 0.29) is 12.2 Å². The number of aryl methyl sites for hydroxylation is 2. The first-order valence-corrected chi connectivity index (χ1v) is 8.21. The topological polar surface area (TPSA) is 73.5 Å². The molecule has 0 aliphatic carbocycles. The number of fused-ring (bicyclic) bond motifs is 1. The second kappa shape index (κ2) is 7.25. The van der Waals surface area contributed by atoms with E-state index in [4.69, 9.17) is 9.84 Å². The van der Waals surface area contributed by atoms with Gasteiger partial charge in [-0.15, -0.1) is 0 Å². The minimum absolute atomic E-state index is 0.297. The van der Waals surface area contributed by atoms with Gasteiger partial charge in [0.15, 0.2) is 0 Å². The number of rotatable bonds is 7. The summed E-state index contributed by atoms with van der Waals surface area (Å²) in [7, 11) is 0. The first-order valence-electron chi connectivity index (χ1n) is 8.21. The number of nitrogens with zero attached hydrogens (tertiary/aromatic N) is 2. The van der Waals surface area contributed by atoms with Crippen LogP contribution in [0.3, 0.4) is 0 Å². The Labute approximate surface area is 144 Å². The lowest BCUT2D eigenvalue weighted by molar-refractivity contribution is -0.137. The van der Waals surface area contributed by atoms with Crippen molar-refractivity contribution < 1.29 is 14.6 Å². The summed E-state index contributed by atoms with van der Waals surface area (Å²) in [6.07, 6.45) is 0.674. The summed E-state index contributed by atoms with van der Waals surface area (Å²) in [6.45, 7) is 2.71. The van der Waals surface area contributed by atoms with E-state index in [1.807, 2.05) is 43.3 Å². The molecule has 2 aromatic carbocycles. The predicted octanol–water partition coefficient (Wildman–Crippen LogP) is 2.53. The minimum atomic E-state index is -1.03. The van der Waals surface area contributed by atoms with Crippen molar-refractivity contribution in [2.24, 2.45) is 0 Å². The van der Waals surface area contributed by atoms with Gasteiger partial charge in [0, 0.05) is 6.54 Å². The van der Waals surface area contributed by atoms with Crippen molar-refractivity contribution in [1.29, 1.82) is 0 Å². The summed E-state index contributed by atoms with van der Waals surface area (Å²) < 4.78 is 8.36. The second-order valence-corrected chi connectivity index (χ2v) is 5.73. The average molecular weight is 340 g/mol. The van der Waals surface area contributed by atoms with Crippen LogP contribution in [0.4, 0.5) is 0 Å². The highest BCUT2D eigenvalue weighted by Gasteiger charge is 2.14. The molecule has 3 aromatic rings. The Morgan fingerprint density at radius 1 is 1.04 bits per heavy atom. The molecule has 0 saturated heterocycles. The number of aromatic nitrogens is 2. The fourth-order valence-electron chi connectivity index (χ4n) is 2.94. The van der Waals surface area contributed by atoms with Crippen molar-refractivity contribution in [3.63, 3.8) is 0 Å². The Balaban J connectivity index is 1.87. The molecule has 1 heterocycles. The molecule has 0 aliphatic heterocycles. The van der Waals surface area contributed by atoms with E-state index in [0.717, 1.165) is 16.8 Å². The van der Waals surface area contributed by atoms with Crippen LogP contribution in [0.5, 0.6) is 5.75 Å². The van der Waals surface area contributed by atoms with E-state index in [9.17, 15) is 9.59 Å². The van der Waals surface area contributed by atoms with Crippen LogP contribution in [-0.2, 0) is 24.3 Å². The molecular weight excluding hydrogens is 320 g/mol. The SMILES string of the molecule is CCOc1ccc(CCn2c(=O)n(CC(=O)O)c3ccccc32)cc1. The van der Waals surface area contributed by atoms with Crippen LogP contribution in [0.15, 0.2) is 53.3 Å². The van der Waals surface area contributed by atoms with Crippen LogP contribution >= 0.6 is 0 Å². The third-order valence-corrected chi connectivity index (χ3v) is 4.08. The van der Waals surface area contributed by atoms with Gasteiger partial charge in [0.2, 0.25) is 0 Å². The van der Waals surface area contributed by atoms with Crippen LogP contribution < -0.4 is 10.4 Å². The summed E-state index contributed by atoms with van der Waals surface area (Å²) >= 11 is 0. The lowest BCUT2D eigenvalue weighted by Crippen LogP contribution is -2.27. The van der Waals surface area contributed by atoms with Crippen molar-refractivity contribution in [3.8, 4) is 5.75 Å². The van der Waals surface area contributed by atoms with E-state index in [2.05, 4.69) is 0 Å². The summed E-state index contributed by atoms with van der Waals surface area (Å²) in [6, 6.07) is 15.0. The number of ether oxygens (including phenoxy) is 1. The zero-order valence-corrected chi connectivity index (χ0v) is 14.0. The lowest BCUT2D eigenvalue weighted by Gasteiger charge is -2.06. The van der Waals surface area contributed by atoms with Crippen molar-refractivity contribution in [2.45, 2.75) is 26.4 Å². The van der Waals surface area contributed by atoms with Crippen LogP contribution in [0.1, 0.15) is 12.5 Å². The average Bonchev–Trinajstić information content (AvgIpc) is 2.86. The monoisotopic (exact) mass is 340 g/mol. The molecule has 0 aliphatic rings. The first-order chi connectivity index (χ1) is 12.1. The van der Waals surface area contributed by atoms with Crippen molar-refractivity contribution in [2.75, 3.05) is 6.61 Å². The number of carbonyl (C=O) groups is 1. The fraction of sp³-hybridized carbons (Fsp3) is 0.263. The molecule has 1 aromatic heterocycles. The molecule has 25 heavy (non-hydrogen) atoms. The summed E-state index contributed by atoms with van der Waals surface area (Å²) in [4.78, 5) is 23.7. The number of benzene rings is 2. The van der Waals surface area contributed by atoms with E-state index in [0.29, 0.717) is 25.1 Å². The molecule has 1 N–H and O–H groups in total. The maximum absolute atomic E-state index is 12.6. The van der Waals surface area contributed by atoms with Gasteiger partial charge in [0.1, 0.15) is 12.3 Å². The molecular formula is C19H20N2O4. The van der Waals surface area contributed by atoms with Crippen molar-refractivity contribution in [1.82, 2.24) is 9.13 Å².